The first-order chi connectivity index (χ1) is 7.18. The van der Waals surface area contributed by atoms with E-state index < -0.39 is 0 Å². The molecule has 15 heavy (non-hydrogen) atoms. The van der Waals surface area contributed by atoms with Gasteiger partial charge in [-0.3, -0.25) is 0 Å². The van der Waals surface area contributed by atoms with Crippen molar-refractivity contribution in [1.82, 2.24) is 4.90 Å². The number of rotatable bonds is 4. The maximum atomic E-state index is 6.12. The number of hydrogen-bond acceptors (Lipinski definition) is 1. The van der Waals surface area contributed by atoms with Gasteiger partial charge in [-0.1, -0.05) is 35.3 Å². The second kappa shape index (κ2) is 4.73. The molecular weight excluding hydrogens is 229 g/mol. The molecule has 1 aliphatic carbocycles. The van der Waals surface area contributed by atoms with Crippen molar-refractivity contribution in [3.05, 3.63) is 33.8 Å². The summed E-state index contributed by atoms with van der Waals surface area (Å²) < 4.78 is 0. The molecule has 0 spiro atoms. The summed E-state index contributed by atoms with van der Waals surface area (Å²) in [7, 11) is 2.18. The van der Waals surface area contributed by atoms with Crippen molar-refractivity contribution in [2.24, 2.45) is 0 Å². The van der Waals surface area contributed by atoms with Gasteiger partial charge in [-0.15, -0.1) is 0 Å². The van der Waals surface area contributed by atoms with E-state index in [1.54, 1.807) is 0 Å². The van der Waals surface area contributed by atoms with E-state index >= 15 is 0 Å². The molecule has 3 heteroatoms. The van der Waals surface area contributed by atoms with Gasteiger partial charge in [0.25, 0.3) is 0 Å². The van der Waals surface area contributed by atoms with Gasteiger partial charge in [0.05, 0.1) is 10.0 Å². The standard InChI is InChI=1S/C12H15Cl2N/c1-15(10-5-6-10)8-7-9-3-2-4-11(13)12(9)14/h2-4,10H,5-8H2,1H3. The molecule has 0 aromatic heterocycles. The maximum Gasteiger partial charge on any atom is 0.0624 e. The van der Waals surface area contributed by atoms with Crippen LogP contribution in [0.2, 0.25) is 10.0 Å². The largest absolute Gasteiger partial charge is 0.303 e. The van der Waals surface area contributed by atoms with Crippen LogP contribution in [0.3, 0.4) is 0 Å². The number of nitrogens with zero attached hydrogens (tertiary/aromatic N) is 1. The number of likely N-dealkylation sites (N-methyl/N-ethyl adjacent to an activating group) is 1. The first-order valence-corrected chi connectivity index (χ1v) is 6.07. The van der Waals surface area contributed by atoms with Gasteiger partial charge in [0.1, 0.15) is 0 Å². The second-order valence-electron chi connectivity index (χ2n) is 4.17. The summed E-state index contributed by atoms with van der Waals surface area (Å²) in [5.74, 6) is 0. The Morgan fingerprint density at radius 1 is 1.33 bits per heavy atom. The van der Waals surface area contributed by atoms with Crippen LogP contribution in [0.5, 0.6) is 0 Å². The summed E-state index contributed by atoms with van der Waals surface area (Å²) in [6.07, 6.45) is 3.67. The lowest BCUT2D eigenvalue weighted by Crippen LogP contribution is -2.23. The minimum Gasteiger partial charge on any atom is -0.303 e. The summed E-state index contributed by atoms with van der Waals surface area (Å²) in [6.45, 7) is 1.06. The van der Waals surface area contributed by atoms with Gasteiger partial charge in [0, 0.05) is 12.6 Å². The summed E-state index contributed by atoms with van der Waals surface area (Å²) >= 11 is 12.1. The van der Waals surface area contributed by atoms with Crippen LogP contribution in [0.15, 0.2) is 18.2 Å². The van der Waals surface area contributed by atoms with Crippen molar-refractivity contribution >= 4 is 23.2 Å². The van der Waals surface area contributed by atoms with Crippen LogP contribution in [0.25, 0.3) is 0 Å². The molecule has 0 heterocycles. The van der Waals surface area contributed by atoms with Gasteiger partial charge in [0.2, 0.25) is 0 Å². The average Bonchev–Trinajstić information content (AvgIpc) is 3.03. The minimum absolute atomic E-state index is 0.656. The molecule has 0 saturated heterocycles. The first kappa shape index (κ1) is 11.3. The molecule has 1 fully saturated rings. The molecule has 1 aromatic carbocycles. The lowest BCUT2D eigenvalue weighted by atomic mass is 10.1. The molecule has 0 bridgehead atoms. The zero-order valence-electron chi connectivity index (χ0n) is 8.84. The Labute approximate surface area is 101 Å². The van der Waals surface area contributed by atoms with Crippen molar-refractivity contribution in [2.75, 3.05) is 13.6 Å². The lowest BCUT2D eigenvalue weighted by Gasteiger charge is -2.15. The molecule has 0 N–H and O–H groups in total. The van der Waals surface area contributed by atoms with E-state index in [9.17, 15) is 0 Å². The fourth-order valence-corrected chi connectivity index (χ4v) is 2.15. The molecule has 1 saturated carbocycles. The smallest absolute Gasteiger partial charge is 0.0624 e. The van der Waals surface area contributed by atoms with Crippen LogP contribution in [0, 0.1) is 0 Å². The Balaban J connectivity index is 1.95. The van der Waals surface area contributed by atoms with Gasteiger partial charge in [-0.25, -0.2) is 0 Å². The Morgan fingerprint density at radius 2 is 2.07 bits per heavy atom. The van der Waals surface area contributed by atoms with Gasteiger partial charge in [0.15, 0.2) is 0 Å². The molecule has 1 aromatic rings. The zero-order chi connectivity index (χ0) is 10.8. The van der Waals surface area contributed by atoms with Crippen molar-refractivity contribution in [3.63, 3.8) is 0 Å². The molecule has 1 nitrogen and oxygen atoms in total. The first-order valence-electron chi connectivity index (χ1n) is 5.31. The van der Waals surface area contributed by atoms with E-state index in [-0.39, 0.29) is 0 Å². The second-order valence-corrected chi connectivity index (χ2v) is 4.96. The highest BCUT2D eigenvalue weighted by atomic mass is 35.5. The van der Waals surface area contributed by atoms with E-state index in [0.717, 1.165) is 24.6 Å². The highest BCUT2D eigenvalue weighted by Gasteiger charge is 2.25. The van der Waals surface area contributed by atoms with Crippen LogP contribution in [-0.4, -0.2) is 24.5 Å². The maximum absolute atomic E-state index is 6.12. The zero-order valence-corrected chi connectivity index (χ0v) is 10.4. The van der Waals surface area contributed by atoms with Gasteiger partial charge in [-0.05, 0) is 37.9 Å². The molecule has 0 radical (unpaired) electrons. The van der Waals surface area contributed by atoms with E-state index in [4.69, 9.17) is 23.2 Å². The predicted molar refractivity (Wildman–Crippen MR) is 65.8 cm³/mol. The van der Waals surface area contributed by atoms with Crippen LogP contribution in [0.1, 0.15) is 18.4 Å². The van der Waals surface area contributed by atoms with Crippen LogP contribution >= 0.6 is 23.2 Å². The van der Waals surface area contributed by atoms with E-state index in [0.29, 0.717) is 10.0 Å². The van der Waals surface area contributed by atoms with Gasteiger partial charge in [-0.2, -0.15) is 0 Å². The molecule has 82 valence electrons. The highest BCUT2D eigenvalue weighted by Crippen LogP contribution is 2.28. The molecule has 1 aliphatic rings. The van der Waals surface area contributed by atoms with Crippen molar-refractivity contribution in [1.29, 1.82) is 0 Å². The van der Waals surface area contributed by atoms with Crippen molar-refractivity contribution in [2.45, 2.75) is 25.3 Å². The van der Waals surface area contributed by atoms with Gasteiger partial charge >= 0.3 is 0 Å². The van der Waals surface area contributed by atoms with E-state index in [1.165, 1.54) is 12.8 Å². The minimum atomic E-state index is 0.656. The lowest BCUT2D eigenvalue weighted by molar-refractivity contribution is 0.328. The third-order valence-corrected chi connectivity index (χ3v) is 3.79. The van der Waals surface area contributed by atoms with E-state index in [1.807, 2.05) is 12.1 Å². The monoisotopic (exact) mass is 243 g/mol. The molecule has 0 amide bonds. The van der Waals surface area contributed by atoms with Crippen LogP contribution in [-0.2, 0) is 6.42 Å². The molecular formula is C12H15Cl2N. The number of benzene rings is 1. The quantitative estimate of drug-likeness (QED) is 0.781. The summed E-state index contributed by atoms with van der Waals surface area (Å²) in [5.41, 5.74) is 1.15. The topological polar surface area (TPSA) is 3.24 Å². The Bertz CT molecular complexity index is 347. The molecule has 0 aliphatic heterocycles. The number of hydrogen-bond donors (Lipinski definition) is 0. The third kappa shape index (κ3) is 2.87. The van der Waals surface area contributed by atoms with E-state index in [2.05, 4.69) is 18.0 Å². The number of halogens is 2. The summed E-state index contributed by atoms with van der Waals surface area (Å²) in [4.78, 5) is 2.40. The Kier molecular flexibility index (Phi) is 3.55. The normalized spacial score (nSPS) is 16.0. The van der Waals surface area contributed by atoms with Crippen LogP contribution in [0.4, 0.5) is 0 Å². The average molecular weight is 244 g/mol. The SMILES string of the molecule is CN(CCc1cccc(Cl)c1Cl)C1CC1. The summed E-state index contributed by atoms with van der Waals surface area (Å²) in [5, 5.41) is 1.37. The van der Waals surface area contributed by atoms with Crippen LogP contribution < -0.4 is 0 Å². The van der Waals surface area contributed by atoms with Crippen molar-refractivity contribution in [3.8, 4) is 0 Å². The van der Waals surface area contributed by atoms with Gasteiger partial charge < -0.3 is 4.90 Å². The molecule has 2 rings (SSSR count). The van der Waals surface area contributed by atoms with Crippen molar-refractivity contribution < 1.29 is 0 Å². The fourth-order valence-electron chi connectivity index (χ4n) is 1.74. The third-order valence-electron chi connectivity index (χ3n) is 2.94. The fraction of sp³-hybridized carbons (Fsp3) is 0.500. The highest BCUT2D eigenvalue weighted by molar-refractivity contribution is 6.42. The Morgan fingerprint density at radius 3 is 2.73 bits per heavy atom. The predicted octanol–water partition coefficient (Wildman–Crippen LogP) is 3.63. The molecule has 0 atom stereocenters. The Hall–Kier alpha value is -0.240. The molecule has 0 unspecified atom stereocenters. The summed E-state index contributed by atoms with van der Waals surface area (Å²) in [6, 6.07) is 6.65.